The zero-order valence-electron chi connectivity index (χ0n) is 12.7. The number of ether oxygens (including phenoxy) is 2. The van der Waals surface area contributed by atoms with Gasteiger partial charge in [-0.25, -0.2) is 27.2 Å². The van der Waals surface area contributed by atoms with Crippen LogP contribution in [0.2, 0.25) is 0 Å². The van der Waals surface area contributed by atoms with E-state index in [0.29, 0.717) is 12.8 Å². The highest BCUT2D eigenvalue weighted by atomic mass is 19.2. The van der Waals surface area contributed by atoms with E-state index < -0.39 is 57.0 Å². The van der Waals surface area contributed by atoms with Crippen molar-refractivity contribution in [1.29, 1.82) is 5.41 Å². The first-order valence-corrected chi connectivity index (χ1v) is 7.44. The summed E-state index contributed by atoms with van der Waals surface area (Å²) in [7, 11) is 0. The fraction of sp³-hybridized carbons (Fsp3) is 0.375. The molecule has 0 amide bonds. The van der Waals surface area contributed by atoms with E-state index in [1.54, 1.807) is 0 Å². The van der Waals surface area contributed by atoms with E-state index in [1.807, 2.05) is 0 Å². The molecule has 25 heavy (non-hydrogen) atoms. The maximum Gasteiger partial charge on any atom is 0.349 e. The van der Waals surface area contributed by atoms with Gasteiger partial charge in [-0.2, -0.15) is 0 Å². The van der Waals surface area contributed by atoms with E-state index in [2.05, 4.69) is 0 Å². The van der Waals surface area contributed by atoms with Crippen LogP contribution < -0.4 is 10.4 Å². The molecule has 1 aliphatic carbocycles. The third-order valence-electron chi connectivity index (χ3n) is 4.22. The van der Waals surface area contributed by atoms with Crippen molar-refractivity contribution in [2.75, 3.05) is 0 Å². The van der Waals surface area contributed by atoms with Crippen molar-refractivity contribution in [1.82, 2.24) is 0 Å². The van der Waals surface area contributed by atoms with Crippen molar-refractivity contribution in [2.45, 2.75) is 37.9 Å². The van der Waals surface area contributed by atoms with E-state index in [9.17, 15) is 27.2 Å². The number of benzene rings is 1. The highest BCUT2D eigenvalue weighted by Gasteiger charge is 2.47. The van der Waals surface area contributed by atoms with Crippen LogP contribution in [0.25, 0.3) is 5.57 Å². The average Bonchev–Trinajstić information content (AvgIpc) is 2.57. The van der Waals surface area contributed by atoms with Crippen LogP contribution >= 0.6 is 0 Å². The minimum atomic E-state index is -2.00. The van der Waals surface area contributed by atoms with Gasteiger partial charge in [-0.3, -0.25) is 5.41 Å². The van der Waals surface area contributed by atoms with Gasteiger partial charge in [0.05, 0.1) is 5.22 Å². The molecule has 9 heteroatoms. The first kappa shape index (κ1) is 17.2. The lowest BCUT2D eigenvalue weighted by Gasteiger charge is -2.38. The number of nitrogens with one attached hydrogen (secondary N) is 1. The molecule has 0 atom stereocenters. The molecule has 1 heterocycles. The lowest BCUT2D eigenvalue weighted by atomic mass is 9.93. The summed E-state index contributed by atoms with van der Waals surface area (Å²) in [6.07, 6.45) is 2.53. The van der Waals surface area contributed by atoms with Crippen LogP contribution in [0.5, 0.6) is 0 Å². The topological polar surface area (TPSA) is 76.5 Å². The van der Waals surface area contributed by atoms with Gasteiger partial charge in [0.2, 0.25) is 0 Å². The highest BCUT2D eigenvalue weighted by Crippen LogP contribution is 2.37. The summed E-state index contributed by atoms with van der Waals surface area (Å²) in [5.41, 5.74) is -1.26. The summed E-state index contributed by atoms with van der Waals surface area (Å²) >= 11 is 0. The SMILES string of the molecule is N=C=c1c(F)c(F)c(=C2C(=O)OC3(CCCCC3)OC2=O)c(F)c1F. The molecule has 0 radical (unpaired) electrons. The van der Waals surface area contributed by atoms with Gasteiger partial charge in [0, 0.05) is 12.8 Å². The van der Waals surface area contributed by atoms with Crippen LogP contribution in [0.15, 0.2) is 0 Å². The van der Waals surface area contributed by atoms with Gasteiger partial charge in [0.1, 0.15) is 5.22 Å². The zero-order chi connectivity index (χ0) is 18.4. The van der Waals surface area contributed by atoms with Crippen LogP contribution in [-0.2, 0) is 19.1 Å². The van der Waals surface area contributed by atoms with Crippen LogP contribution in [0.3, 0.4) is 0 Å². The molecule has 0 bridgehead atoms. The van der Waals surface area contributed by atoms with Crippen molar-refractivity contribution < 1.29 is 36.6 Å². The van der Waals surface area contributed by atoms with Crippen molar-refractivity contribution in [2.24, 2.45) is 0 Å². The molecule has 1 saturated carbocycles. The molecular weight excluding hydrogens is 346 g/mol. The quantitative estimate of drug-likeness (QED) is 0.326. The second kappa shape index (κ2) is 6.00. The third-order valence-corrected chi connectivity index (χ3v) is 4.22. The second-order valence-corrected chi connectivity index (χ2v) is 5.76. The molecule has 1 N–H and O–H groups in total. The van der Waals surface area contributed by atoms with Gasteiger partial charge >= 0.3 is 11.9 Å². The Morgan fingerprint density at radius 2 is 1.32 bits per heavy atom. The Morgan fingerprint density at radius 3 is 1.76 bits per heavy atom. The number of carbonyl (C=O) groups is 2. The van der Waals surface area contributed by atoms with E-state index in [1.165, 1.54) is 5.87 Å². The number of carbonyl (C=O) groups excluding carboxylic acids is 2. The van der Waals surface area contributed by atoms with E-state index in [4.69, 9.17) is 14.9 Å². The summed E-state index contributed by atoms with van der Waals surface area (Å²) in [6.45, 7) is 0. The van der Waals surface area contributed by atoms with Gasteiger partial charge < -0.3 is 9.47 Å². The Balaban J connectivity index is 2.24. The van der Waals surface area contributed by atoms with Gasteiger partial charge in [0.15, 0.2) is 28.8 Å². The van der Waals surface area contributed by atoms with Gasteiger partial charge in [-0.1, -0.05) is 6.42 Å². The monoisotopic (exact) mass is 357 g/mol. The van der Waals surface area contributed by atoms with Crippen molar-refractivity contribution in [3.63, 3.8) is 0 Å². The molecule has 5 nitrogen and oxygen atoms in total. The van der Waals surface area contributed by atoms with Crippen LogP contribution in [0.1, 0.15) is 32.1 Å². The largest absolute Gasteiger partial charge is 0.419 e. The maximum atomic E-state index is 14.1. The molecule has 1 spiro atoms. The lowest BCUT2D eigenvalue weighted by Crippen LogP contribution is -2.49. The summed E-state index contributed by atoms with van der Waals surface area (Å²) < 4.78 is 65.9. The molecule has 0 aromatic heterocycles. The number of rotatable bonds is 0. The Morgan fingerprint density at radius 1 is 0.840 bits per heavy atom. The Bertz CT molecular complexity index is 873. The predicted molar refractivity (Wildman–Crippen MR) is 73.8 cm³/mol. The average molecular weight is 357 g/mol. The van der Waals surface area contributed by atoms with Crippen molar-refractivity contribution in [3.8, 4) is 0 Å². The number of hydrogen-bond acceptors (Lipinski definition) is 5. The summed E-state index contributed by atoms with van der Waals surface area (Å²) in [4.78, 5) is 24.3. The molecule has 1 aromatic carbocycles. The van der Waals surface area contributed by atoms with E-state index >= 15 is 0 Å². The van der Waals surface area contributed by atoms with Gasteiger partial charge in [-0.15, -0.1) is 0 Å². The first-order chi connectivity index (χ1) is 11.8. The molecule has 2 aliphatic rings. The molecule has 1 aromatic rings. The predicted octanol–water partition coefficient (Wildman–Crippen LogP) is 1.07. The number of esters is 2. The van der Waals surface area contributed by atoms with Gasteiger partial charge in [0.25, 0.3) is 5.79 Å². The minimum absolute atomic E-state index is 0.229. The molecule has 3 rings (SSSR count). The Labute approximate surface area is 138 Å². The van der Waals surface area contributed by atoms with E-state index in [-0.39, 0.29) is 12.8 Å². The van der Waals surface area contributed by atoms with Crippen LogP contribution in [0.4, 0.5) is 17.6 Å². The molecule has 132 valence electrons. The van der Waals surface area contributed by atoms with Crippen LogP contribution in [0, 0.1) is 28.7 Å². The summed E-state index contributed by atoms with van der Waals surface area (Å²) in [5, 5.41) is 3.78. The molecule has 0 unspecified atom stereocenters. The minimum Gasteiger partial charge on any atom is -0.419 e. The smallest absolute Gasteiger partial charge is 0.349 e. The molecule has 2 fully saturated rings. The van der Waals surface area contributed by atoms with Crippen molar-refractivity contribution >= 4 is 23.4 Å². The van der Waals surface area contributed by atoms with Crippen molar-refractivity contribution in [3.05, 3.63) is 33.7 Å². The van der Waals surface area contributed by atoms with E-state index in [0.717, 1.165) is 6.42 Å². The fourth-order valence-corrected chi connectivity index (χ4v) is 3.00. The Hall–Kier alpha value is -2.67. The molecule has 1 saturated heterocycles. The normalized spacial score (nSPS) is 19.4. The van der Waals surface area contributed by atoms with Crippen LogP contribution in [-0.4, -0.2) is 23.6 Å². The third kappa shape index (κ3) is 2.60. The highest BCUT2D eigenvalue weighted by molar-refractivity contribution is 6.37. The first-order valence-electron chi connectivity index (χ1n) is 7.44. The molecular formula is C16H11F4NO4. The number of halogens is 4. The summed E-state index contributed by atoms with van der Waals surface area (Å²) in [6, 6.07) is 0. The molecule has 1 aliphatic heterocycles. The standard InChI is InChI=1S/C16H11F4NO4/c17-10-7(6-21)11(18)13(20)8(12(10)19)9-14(22)24-16(25-15(9)23)4-2-1-3-5-16/h21H,1-5H2. The Kier molecular flexibility index (Phi) is 4.12. The summed E-state index contributed by atoms with van der Waals surface area (Å²) in [5.74, 6) is -11.0. The fourth-order valence-electron chi connectivity index (χ4n) is 3.00. The lowest BCUT2D eigenvalue weighted by molar-refractivity contribution is -0.240. The zero-order valence-corrected chi connectivity index (χ0v) is 12.7. The van der Waals surface area contributed by atoms with Gasteiger partial charge in [-0.05, 0) is 18.7 Å². The maximum absolute atomic E-state index is 14.1. The second-order valence-electron chi connectivity index (χ2n) is 5.76. The number of hydrogen-bond donors (Lipinski definition) is 1.